The van der Waals surface area contributed by atoms with Crippen molar-refractivity contribution in [3.05, 3.63) is 16.1 Å². The molecule has 0 aliphatic carbocycles. The fraction of sp³-hybridized carbons (Fsp3) is 0.444. The van der Waals surface area contributed by atoms with Crippen molar-refractivity contribution in [3.63, 3.8) is 0 Å². The first kappa shape index (κ1) is 10.7. The molecule has 0 aliphatic rings. The van der Waals surface area contributed by atoms with E-state index >= 15 is 0 Å². The third kappa shape index (κ3) is 2.82. The van der Waals surface area contributed by atoms with Gasteiger partial charge in [0.25, 0.3) is 0 Å². The van der Waals surface area contributed by atoms with E-state index in [1.54, 1.807) is 17.4 Å². The summed E-state index contributed by atoms with van der Waals surface area (Å²) in [7, 11) is 0. The Labute approximate surface area is 86.6 Å². The summed E-state index contributed by atoms with van der Waals surface area (Å²) in [5.41, 5.74) is 0.846. The monoisotopic (exact) mass is 209 g/mol. The number of nitrogens with one attached hydrogen (secondary N) is 1. The van der Waals surface area contributed by atoms with Crippen LogP contribution in [0.2, 0.25) is 0 Å². The first-order valence-corrected chi connectivity index (χ1v) is 5.09. The molecule has 1 atom stereocenters. The number of rotatable bonds is 3. The number of carbonyl (C=O) groups excluding carboxylic acids is 1. The number of amides is 1. The Morgan fingerprint density at radius 3 is 3.07 bits per heavy atom. The van der Waals surface area contributed by atoms with Crippen molar-refractivity contribution < 1.29 is 4.79 Å². The maximum absolute atomic E-state index is 11.1. The molecule has 4 nitrogen and oxygen atoms in total. The number of thiazole rings is 1. The summed E-state index contributed by atoms with van der Waals surface area (Å²) in [5.74, 6) is -0.259. The summed E-state index contributed by atoms with van der Waals surface area (Å²) in [4.78, 5) is 15.3. The molecular formula is C9H11N3OS. The van der Waals surface area contributed by atoms with Gasteiger partial charge < -0.3 is 5.32 Å². The van der Waals surface area contributed by atoms with Crippen LogP contribution in [0.25, 0.3) is 0 Å². The van der Waals surface area contributed by atoms with Crippen LogP contribution in [0, 0.1) is 18.3 Å². The molecule has 0 aliphatic heterocycles. The molecule has 0 spiro atoms. The van der Waals surface area contributed by atoms with Gasteiger partial charge in [-0.25, -0.2) is 4.98 Å². The van der Waals surface area contributed by atoms with E-state index in [-0.39, 0.29) is 18.4 Å². The largest absolute Gasteiger partial charge is 0.347 e. The quantitative estimate of drug-likeness (QED) is 0.821. The highest BCUT2D eigenvalue weighted by atomic mass is 32.1. The molecule has 1 N–H and O–H groups in total. The van der Waals surface area contributed by atoms with Crippen LogP contribution in [-0.2, 0) is 4.79 Å². The number of nitrogens with zero attached hydrogens (tertiary/aromatic N) is 2. The van der Waals surface area contributed by atoms with Gasteiger partial charge in [0.15, 0.2) is 0 Å². The molecule has 1 rings (SSSR count). The van der Waals surface area contributed by atoms with Crippen LogP contribution in [0.15, 0.2) is 5.38 Å². The molecule has 74 valence electrons. The van der Waals surface area contributed by atoms with E-state index in [2.05, 4.69) is 10.3 Å². The van der Waals surface area contributed by atoms with E-state index in [1.165, 1.54) is 0 Å². The van der Waals surface area contributed by atoms with Gasteiger partial charge in [0.2, 0.25) is 5.91 Å². The predicted octanol–water partition coefficient (Wildman–Crippen LogP) is 1.54. The van der Waals surface area contributed by atoms with E-state index in [1.807, 2.05) is 19.2 Å². The number of aryl methyl sites for hydroxylation is 1. The van der Waals surface area contributed by atoms with Crippen LogP contribution >= 0.6 is 11.3 Å². The number of carbonyl (C=O) groups is 1. The van der Waals surface area contributed by atoms with E-state index in [4.69, 9.17) is 5.26 Å². The SMILES string of the molecule is Cc1nc(C(C)NC(=O)CC#N)cs1. The highest BCUT2D eigenvalue weighted by molar-refractivity contribution is 7.09. The van der Waals surface area contributed by atoms with Crippen molar-refractivity contribution in [2.24, 2.45) is 0 Å². The minimum Gasteiger partial charge on any atom is -0.347 e. The Hall–Kier alpha value is -1.41. The summed E-state index contributed by atoms with van der Waals surface area (Å²) in [6.07, 6.45) is -0.104. The fourth-order valence-corrected chi connectivity index (χ4v) is 1.72. The Morgan fingerprint density at radius 1 is 1.86 bits per heavy atom. The lowest BCUT2D eigenvalue weighted by atomic mass is 10.2. The van der Waals surface area contributed by atoms with Gasteiger partial charge in [-0.15, -0.1) is 11.3 Å². The normalized spacial score (nSPS) is 11.8. The molecule has 1 aromatic heterocycles. The summed E-state index contributed by atoms with van der Waals surface area (Å²) in [6, 6.07) is 1.68. The van der Waals surface area contributed by atoms with Gasteiger partial charge in [-0.05, 0) is 13.8 Å². The number of hydrogen-bond acceptors (Lipinski definition) is 4. The Bertz CT molecular complexity index is 366. The first-order chi connectivity index (χ1) is 6.63. The average Bonchev–Trinajstić information content (AvgIpc) is 2.52. The van der Waals surface area contributed by atoms with Gasteiger partial charge >= 0.3 is 0 Å². The van der Waals surface area contributed by atoms with Gasteiger partial charge in [0.1, 0.15) is 6.42 Å². The number of aromatic nitrogens is 1. The van der Waals surface area contributed by atoms with Crippen LogP contribution in [0.5, 0.6) is 0 Å². The molecule has 1 unspecified atom stereocenters. The molecule has 0 saturated carbocycles. The summed E-state index contributed by atoms with van der Waals surface area (Å²) in [6.45, 7) is 3.77. The van der Waals surface area contributed by atoms with Gasteiger partial charge in [-0.3, -0.25) is 4.79 Å². The smallest absolute Gasteiger partial charge is 0.234 e. The van der Waals surface area contributed by atoms with Gasteiger partial charge in [-0.1, -0.05) is 0 Å². The summed E-state index contributed by atoms with van der Waals surface area (Å²) < 4.78 is 0. The molecule has 0 bridgehead atoms. The van der Waals surface area contributed by atoms with E-state index < -0.39 is 0 Å². The lowest BCUT2D eigenvalue weighted by Crippen LogP contribution is -2.26. The van der Waals surface area contributed by atoms with E-state index in [0.717, 1.165) is 10.7 Å². The van der Waals surface area contributed by atoms with Crippen molar-refractivity contribution in [1.29, 1.82) is 5.26 Å². The van der Waals surface area contributed by atoms with Gasteiger partial charge in [0, 0.05) is 5.38 Å². The lowest BCUT2D eigenvalue weighted by molar-refractivity contribution is -0.120. The van der Waals surface area contributed by atoms with Gasteiger partial charge in [0.05, 0.1) is 22.8 Å². The Kier molecular flexibility index (Phi) is 3.60. The third-order valence-electron chi connectivity index (χ3n) is 1.70. The van der Waals surface area contributed by atoms with Gasteiger partial charge in [-0.2, -0.15) is 5.26 Å². The molecule has 0 saturated heterocycles. The molecule has 1 amide bonds. The van der Waals surface area contributed by atoms with Crippen molar-refractivity contribution in [2.45, 2.75) is 26.3 Å². The number of nitriles is 1. The highest BCUT2D eigenvalue weighted by Crippen LogP contribution is 2.15. The Morgan fingerprint density at radius 2 is 2.57 bits per heavy atom. The molecule has 14 heavy (non-hydrogen) atoms. The van der Waals surface area contributed by atoms with Crippen molar-refractivity contribution in [1.82, 2.24) is 10.3 Å². The van der Waals surface area contributed by atoms with E-state index in [9.17, 15) is 4.79 Å². The van der Waals surface area contributed by atoms with Crippen molar-refractivity contribution in [3.8, 4) is 6.07 Å². The topological polar surface area (TPSA) is 65.8 Å². The second-order valence-corrected chi connectivity index (χ2v) is 3.98. The zero-order valence-corrected chi connectivity index (χ0v) is 8.89. The van der Waals surface area contributed by atoms with Crippen LogP contribution in [0.4, 0.5) is 0 Å². The van der Waals surface area contributed by atoms with Crippen LogP contribution < -0.4 is 5.32 Å². The standard InChI is InChI=1S/C9H11N3OS/c1-6(11-9(13)3-4-10)8-5-14-7(2)12-8/h5-6H,3H2,1-2H3,(H,11,13). The van der Waals surface area contributed by atoms with Crippen molar-refractivity contribution >= 4 is 17.2 Å². The zero-order valence-electron chi connectivity index (χ0n) is 8.07. The molecular weight excluding hydrogens is 198 g/mol. The van der Waals surface area contributed by atoms with E-state index in [0.29, 0.717) is 0 Å². The summed E-state index contributed by atoms with van der Waals surface area (Å²) in [5, 5.41) is 13.9. The molecule has 5 heteroatoms. The van der Waals surface area contributed by atoms with Crippen LogP contribution in [-0.4, -0.2) is 10.9 Å². The predicted molar refractivity (Wildman–Crippen MR) is 53.6 cm³/mol. The van der Waals surface area contributed by atoms with Crippen LogP contribution in [0.1, 0.15) is 30.1 Å². The second kappa shape index (κ2) is 4.72. The molecule has 0 fully saturated rings. The zero-order chi connectivity index (χ0) is 10.6. The molecule has 1 heterocycles. The Balaban J connectivity index is 2.55. The number of hydrogen-bond donors (Lipinski definition) is 1. The molecule has 0 aromatic carbocycles. The fourth-order valence-electron chi connectivity index (χ4n) is 1.02. The highest BCUT2D eigenvalue weighted by Gasteiger charge is 2.11. The first-order valence-electron chi connectivity index (χ1n) is 4.22. The average molecular weight is 209 g/mol. The van der Waals surface area contributed by atoms with Crippen LogP contribution in [0.3, 0.4) is 0 Å². The minimum atomic E-state index is -0.259. The molecule has 1 aromatic rings. The minimum absolute atomic E-state index is 0.104. The third-order valence-corrected chi connectivity index (χ3v) is 2.49. The lowest BCUT2D eigenvalue weighted by Gasteiger charge is -2.09. The summed E-state index contributed by atoms with van der Waals surface area (Å²) >= 11 is 1.55. The second-order valence-electron chi connectivity index (χ2n) is 2.92. The maximum atomic E-state index is 11.1. The maximum Gasteiger partial charge on any atom is 0.234 e. The molecule has 0 radical (unpaired) electrons. The van der Waals surface area contributed by atoms with Crippen molar-refractivity contribution in [2.75, 3.05) is 0 Å².